The third-order valence-corrected chi connectivity index (χ3v) is 5.83. The van der Waals surface area contributed by atoms with Crippen molar-refractivity contribution in [1.82, 2.24) is 25.2 Å². The Balaban J connectivity index is 1.40. The van der Waals surface area contributed by atoms with Crippen molar-refractivity contribution in [3.8, 4) is 0 Å². The predicted octanol–water partition coefficient (Wildman–Crippen LogP) is 1.34. The van der Waals surface area contributed by atoms with Crippen molar-refractivity contribution >= 4 is 17.2 Å². The molecular formula is C21H25FN6O2. The topological polar surface area (TPSA) is 94.2 Å². The summed E-state index contributed by atoms with van der Waals surface area (Å²) in [5.41, 5.74) is 2.72. The van der Waals surface area contributed by atoms with Crippen LogP contribution in [0.25, 0.3) is 5.57 Å². The van der Waals surface area contributed by atoms with Crippen molar-refractivity contribution in [1.29, 1.82) is 0 Å². The Morgan fingerprint density at radius 3 is 2.70 bits per heavy atom. The van der Waals surface area contributed by atoms with E-state index in [4.69, 9.17) is 0 Å². The number of carbonyl (C=O) groups is 1. The van der Waals surface area contributed by atoms with Crippen LogP contribution in [0.2, 0.25) is 0 Å². The lowest BCUT2D eigenvalue weighted by molar-refractivity contribution is 0.0957. The predicted molar refractivity (Wildman–Crippen MR) is 112 cm³/mol. The number of piperazine rings is 1. The molecule has 2 aromatic heterocycles. The number of amides is 1. The van der Waals surface area contributed by atoms with Crippen LogP contribution in [0.4, 0.5) is 10.1 Å². The van der Waals surface area contributed by atoms with E-state index in [1.165, 1.54) is 7.05 Å². The van der Waals surface area contributed by atoms with Crippen molar-refractivity contribution in [2.24, 2.45) is 0 Å². The summed E-state index contributed by atoms with van der Waals surface area (Å²) in [4.78, 5) is 38.7. The molecule has 30 heavy (non-hydrogen) atoms. The number of anilines is 1. The second-order valence-corrected chi connectivity index (χ2v) is 7.62. The number of aryl methyl sites for hydroxylation is 1. The van der Waals surface area contributed by atoms with Crippen LogP contribution in [0, 0.1) is 12.9 Å². The Bertz CT molecular complexity index is 1040. The van der Waals surface area contributed by atoms with Gasteiger partial charge in [-0.2, -0.15) is 4.39 Å². The molecule has 1 fully saturated rings. The standard InChI is InChI=1S/C21H25FN6O2/c1-13-20(29)26-17(12-24-13)14-3-4-15(11-14)27-7-9-28(10-8-27)18-6-5-16(21(30)23-2)25-19(18)22/h5-6,11-12,15H,3-4,7-10H2,1-2H3,(H,23,30)(H,26,29). The van der Waals surface area contributed by atoms with E-state index in [2.05, 4.69) is 31.2 Å². The molecule has 9 heteroatoms. The summed E-state index contributed by atoms with van der Waals surface area (Å²) in [6, 6.07) is 3.47. The Labute approximate surface area is 173 Å². The zero-order valence-electron chi connectivity index (χ0n) is 17.1. The highest BCUT2D eigenvalue weighted by Gasteiger charge is 2.28. The zero-order valence-corrected chi connectivity index (χ0v) is 17.1. The quantitative estimate of drug-likeness (QED) is 0.736. The Kier molecular flexibility index (Phi) is 5.63. The van der Waals surface area contributed by atoms with Crippen molar-refractivity contribution < 1.29 is 9.18 Å². The van der Waals surface area contributed by atoms with Gasteiger partial charge in [0.2, 0.25) is 5.95 Å². The molecule has 0 aromatic carbocycles. The summed E-state index contributed by atoms with van der Waals surface area (Å²) >= 11 is 0. The minimum atomic E-state index is -0.622. The van der Waals surface area contributed by atoms with Gasteiger partial charge < -0.3 is 15.2 Å². The van der Waals surface area contributed by atoms with Gasteiger partial charge in [0.25, 0.3) is 11.5 Å². The van der Waals surface area contributed by atoms with Gasteiger partial charge in [0.05, 0.1) is 17.6 Å². The molecule has 4 rings (SSSR count). The first-order valence-electron chi connectivity index (χ1n) is 10.1. The first kappa shape index (κ1) is 20.2. The fourth-order valence-electron chi connectivity index (χ4n) is 4.05. The summed E-state index contributed by atoms with van der Waals surface area (Å²) in [6.07, 6.45) is 5.81. The summed E-state index contributed by atoms with van der Waals surface area (Å²) in [5, 5.41) is 2.45. The molecule has 1 amide bonds. The van der Waals surface area contributed by atoms with Crippen molar-refractivity contribution in [2.45, 2.75) is 25.8 Å². The molecule has 1 aliphatic heterocycles. The van der Waals surface area contributed by atoms with Gasteiger partial charge in [0.1, 0.15) is 11.4 Å². The molecule has 0 bridgehead atoms. The van der Waals surface area contributed by atoms with Gasteiger partial charge in [0.15, 0.2) is 0 Å². The third-order valence-electron chi connectivity index (χ3n) is 5.83. The molecule has 8 nitrogen and oxygen atoms in total. The van der Waals surface area contributed by atoms with E-state index in [-0.39, 0.29) is 11.3 Å². The summed E-state index contributed by atoms with van der Waals surface area (Å²) in [6.45, 7) is 4.65. The van der Waals surface area contributed by atoms with Crippen LogP contribution < -0.4 is 15.8 Å². The second kappa shape index (κ2) is 8.35. The van der Waals surface area contributed by atoms with Crippen LogP contribution in [0.15, 0.2) is 29.2 Å². The number of rotatable bonds is 4. The molecule has 1 atom stereocenters. The van der Waals surface area contributed by atoms with Crippen LogP contribution in [0.3, 0.4) is 0 Å². The fraction of sp³-hybridized carbons (Fsp3) is 0.429. The first-order valence-corrected chi connectivity index (χ1v) is 10.1. The average molecular weight is 412 g/mol. The molecule has 1 unspecified atom stereocenters. The lowest BCUT2D eigenvalue weighted by atomic mass is 10.1. The number of carbonyl (C=O) groups excluding carboxylic acids is 1. The van der Waals surface area contributed by atoms with Crippen LogP contribution >= 0.6 is 0 Å². The van der Waals surface area contributed by atoms with E-state index >= 15 is 0 Å². The molecule has 3 heterocycles. The second-order valence-electron chi connectivity index (χ2n) is 7.62. The Hall–Kier alpha value is -3.07. The van der Waals surface area contributed by atoms with Crippen LogP contribution in [0.1, 0.15) is 34.7 Å². The van der Waals surface area contributed by atoms with Gasteiger partial charge in [-0.25, -0.2) is 4.98 Å². The van der Waals surface area contributed by atoms with E-state index in [9.17, 15) is 14.0 Å². The lowest BCUT2D eigenvalue weighted by Crippen LogP contribution is -2.49. The SMILES string of the molecule is CNC(=O)c1ccc(N2CCN(C3C=C(c4cnc(C)c(=O)[nH]4)CC3)CC2)c(F)n1. The van der Waals surface area contributed by atoms with Gasteiger partial charge in [-0.15, -0.1) is 0 Å². The number of aromatic amines is 1. The van der Waals surface area contributed by atoms with E-state index in [1.54, 1.807) is 25.3 Å². The maximum Gasteiger partial charge on any atom is 0.269 e. The minimum absolute atomic E-state index is 0.0737. The molecule has 2 N–H and O–H groups in total. The highest BCUT2D eigenvalue weighted by molar-refractivity contribution is 5.92. The molecule has 2 aliphatic rings. The molecule has 0 saturated carbocycles. The third kappa shape index (κ3) is 3.97. The van der Waals surface area contributed by atoms with Crippen molar-refractivity contribution in [2.75, 3.05) is 38.1 Å². The average Bonchev–Trinajstić information content (AvgIpc) is 3.25. The highest BCUT2D eigenvalue weighted by atomic mass is 19.1. The molecular weight excluding hydrogens is 387 g/mol. The van der Waals surface area contributed by atoms with Crippen molar-refractivity contribution in [3.05, 3.63) is 57.8 Å². The monoisotopic (exact) mass is 412 g/mol. The van der Waals surface area contributed by atoms with E-state index in [0.29, 0.717) is 30.5 Å². The molecule has 158 valence electrons. The van der Waals surface area contributed by atoms with E-state index in [0.717, 1.165) is 37.2 Å². The summed E-state index contributed by atoms with van der Waals surface area (Å²) < 4.78 is 14.4. The van der Waals surface area contributed by atoms with Gasteiger partial charge in [0, 0.05) is 39.3 Å². The number of nitrogens with zero attached hydrogens (tertiary/aromatic N) is 4. The number of nitrogens with one attached hydrogen (secondary N) is 2. The molecule has 1 saturated heterocycles. The largest absolute Gasteiger partial charge is 0.365 e. The fourth-order valence-corrected chi connectivity index (χ4v) is 4.05. The van der Waals surface area contributed by atoms with Gasteiger partial charge in [-0.3, -0.25) is 19.5 Å². The molecule has 0 spiro atoms. The first-order chi connectivity index (χ1) is 14.5. The summed E-state index contributed by atoms with van der Waals surface area (Å²) in [7, 11) is 1.49. The van der Waals surface area contributed by atoms with E-state index in [1.807, 2.05) is 4.90 Å². The maximum atomic E-state index is 14.4. The normalized spacial score (nSPS) is 19.6. The minimum Gasteiger partial charge on any atom is -0.365 e. The Morgan fingerprint density at radius 2 is 2.03 bits per heavy atom. The number of hydrogen-bond acceptors (Lipinski definition) is 6. The van der Waals surface area contributed by atoms with Crippen LogP contribution in [0.5, 0.6) is 0 Å². The number of halogens is 1. The summed E-state index contributed by atoms with van der Waals surface area (Å²) in [5.74, 6) is -1.03. The van der Waals surface area contributed by atoms with Gasteiger partial charge in [-0.1, -0.05) is 6.08 Å². The number of hydrogen-bond donors (Lipinski definition) is 2. The smallest absolute Gasteiger partial charge is 0.269 e. The van der Waals surface area contributed by atoms with Crippen LogP contribution in [-0.4, -0.2) is 65.0 Å². The number of H-pyrrole nitrogens is 1. The molecule has 1 aliphatic carbocycles. The van der Waals surface area contributed by atoms with Crippen molar-refractivity contribution in [3.63, 3.8) is 0 Å². The van der Waals surface area contributed by atoms with Gasteiger partial charge in [-0.05, 0) is 37.5 Å². The maximum absolute atomic E-state index is 14.4. The Morgan fingerprint density at radius 1 is 1.27 bits per heavy atom. The molecule has 2 aromatic rings. The number of pyridine rings is 1. The highest BCUT2D eigenvalue weighted by Crippen LogP contribution is 2.30. The molecule has 0 radical (unpaired) electrons. The van der Waals surface area contributed by atoms with Crippen LogP contribution in [-0.2, 0) is 0 Å². The van der Waals surface area contributed by atoms with Gasteiger partial charge >= 0.3 is 0 Å². The number of aromatic nitrogens is 3. The number of allylic oxidation sites excluding steroid dienone is 1. The zero-order chi connectivity index (χ0) is 21.3. The van der Waals surface area contributed by atoms with E-state index < -0.39 is 11.9 Å². The lowest BCUT2D eigenvalue weighted by Gasteiger charge is -2.38.